The number of carbonyl (C=O) groups excluding carboxylic acids is 2. The van der Waals surface area contributed by atoms with E-state index in [0.717, 1.165) is 22.4 Å². The molecular weight excluding hydrogens is 354 g/mol. The number of phenolic OH excluding ortho intramolecular Hbond substituents is 1. The molecule has 2 N–H and O–H groups in total. The maximum Gasteiger partial charge on any atom is 0.161 e. The number of ether oxygens (including phenoxy) is 1. The topological polar surface area (TPSA) is 75.6 Å². The number of carbonyl (C=O) groups is 2. The van der Waals surface area contributed by atoms with E-state index in [4.69, 9.17) is 9.84 Å². The highest BCUT2D eigenvalue weighted by atomic mass is 16.5. The maximum atomic E-state index is 11.4. The molecule has 0 spiro atoms. The Morgan fingerprint density at radius 2 is 1.71 bits per heavy atom. The van der Waals surface area contributed by atoms with Crippen LogP contribution >= 0.6 is 0 Å². The van der Waals surface area contributed by atoms with Crippen molar-refractivity contribution in [2.24, 2.45) is 0 Å². The third kappa shape index (κ3) is 5.20. The van der Waals surface area contributed by atoms with Crippen LogP contribution in [0, 0.1) is 0 Å². The van der Waals surface area contributed by atoms with Crippen LogP contribution in [0.3, 0.4) is 0 Å². The first kappa shape index (κ1) is 20.7. The predicted molar refractivity (Wildman–Crippen MR) is 111 cm³/mol. The van der Waals surface area contributed by atoms with Crippen LogP contribution in [0.5, 0.6) is 11.5 Å². The summed E-state index contributed by atoms with van der Waals surface area (Å²) in [5, 5.41) is 12.1. The molecule has 5 heteroatoms. The van der Waals surface area contributed by atoms with Crippen LogP contribution in [0.2, 0.25) is 0 Å². The fourth-order valence-corrected chi connectivity index (χ4v) is 2.62. The Balaban J connectivity index is 0.000000221. The van der Waals surface area contributed by atoms with Gasteiger partial charge in [0.2, 0.25) is 0 Å². The van der Waals surface area contributed by atoms with Crippen LogP contribution in [-0.4, -0.2) is 31.3 Å². The van der Waals surface area contributed by atoms with Gasteiger partial charge in [0.25, 0.3) is 0 Å². The average molecular weight is 377 g/mol. The Kier molecular flexibility index (Phi) is 7.34. The molecule has 0 heterocycles. The van der Waals surface area contributed by atoms with E-state index in [2.05, 4.69) is 17.4 Å². The third-order valence-electron chi connectivity index (χ3n) is 4.14. The summed E-state index contributed by atoms with van der Waals surface area (Å²) in [6.07, 6.45) is 0.581. The summed E-state index contributed by atoms with van der Waals surface area (Å²) in [6, 6.07) is 20.5. The van der Waals surface area contributed by atoms with Crippen molar-refractivity contribution < 1.29 is 19.4 Å². The average Bonchev–Trinajstić information content (AvgIpc) is 2.74. The number of aldehydes is 1. The van der Waals surface area contributed by atoms with Crippen molar-refractivity contribution >= 4 is 17.8 Å². The lowest BCUT2D eigenvalue weighted by Gasteiger charge is -2.09. The summed E-state index contributed by atoms with van der Waals surface area (Å²) in [6.45, 7) is 1.58. The number of hydrogen-bond donors (Lipinski definition) is 2. The van der Waals surface area contributed by atoms with Gasteiger partial charge >= 0.3 is 0 Å². The fraction of sp³-hybridized carbons (Fsp3) is 0.130. The molecule has 0 amide bonds. The molecule has 3 aromatic rings. The summed E-state index contributed by atoms with van der Waals surface area (Å²) in [7, 11) is 3.33. The number of phenols is 1. The van der Waals surface area contributed by atoms with E-state index >= 15 is 0 Å². The van der Waals surface area contributed by atoms with Crippen LogP contribution in [0.1, 0.15) is 27.6 Å². The van der Waals surface area contributed by atoms with E-state index in [9.17, 15) is 9.59 Å². The second-order valence-electron chi connectivity index (χ2n) is 5.98. The van der Waals surface area contributed by atoms with Gasteiger partial charge in [-0.05, 0) is 48.4 Å². The van der Waals surface area contributed by atoms with Gasteiger partial charge in [-0.1, -0.05) is 36.4 Å². The molecule has 0 saturated heterocycles. The molecule has 0 aromatic heterocycles. The lowest BCUT2D eigenvalue weighted by atomic mass is 10.0. The second kappa shape index (κ2) is 9.92. The van der Waals surface area contributed by atoms with Gasteiger partial charge in [0, 0.05) is 18.3 Å². The maximum absolute atomic E-state index is 11.4. The molecular formula is C23H23NO4. The van der Waals surface area contributed by atoms with Crippen LogP contribution in [0.15, 0.2) is 66.7 Å². The largest absolute Gasteiger partial charge is 0.507 e. The highest BCUT2D eigenvalue weighted by Gasteiger charge is 2.07. The van der Waals surface area contributed by atoms with Gasteiger partial charge < -0.3 is 15.2 Å². The van der Waals surface area contributed by atoms with Crippen molar-refractivity contribution in [3.63, 3.8) is 0 Å². The van der Waals surface area contributed by atoms with Gasteiger partial charge in [-0.3, -0.25) is 9.59 Å². The van der Waals surface area contributed by atoms with Crippen molar-refractivity contribution in [3.05, 3.63) is 77.9 Å². The SMILES string of the molecule is CNc1cc(-c2ccccc2)ccc1C(C)=O.COc1ccc(O)c(C=O)c1. The van der Waals surface area contributed by atoms with E-state index in [1.54, 1.807) is 13.0 Å². The standard InChI is InChI=1S/C15H15NO.C8H8O3/c1-11(17)14-9-8-13(10-15(14)16-2)12-6-4-3-5-7-12;1-11-7-2-3-8(10)6(4-7)5-9/h3-10,16H,1-2H3;2-5,10H,1H3. The zero-order valence-corrected chi connectivity index (χ0v) is 16.1. The molecule has 0 atom stereocenters. The second-order valence-corrected chi connectivity index (χ2v) is 5.98. The number of Topliss-reactive ketones (excluding diaryl/α,β-unsaturated/α-hetero) is 1. The summed E-state index contributed by atoms with van der Waals surface area (Å²) >= 11 is 0. The van der Waals surface area contributed by atoms with Gasteiger partial charge in [0.15, 0.2) is 12.1 Å². The number of nitrogens with one attached hydrogen (secondary N) is 1. The number of benzene rings is 3. The summed E-state index contributed by atoms with van der Waals surface area (Å²) < 4.78 is 4.84. The molecule has 28 heavy (non-hydrogen) atoms. The Morgan fingerprint density at radius 1 is 1.00 bits per heavy atom. The summed E-state index contributed by atoms with van der Waals surface area (Å²) in [5.74, 6) is 0.611. The highest BCUT2D eigenvalue weighted by molar-refractivity contribution is 6.00. The van der Waals surface area contributed by atoms with Crippen LogP contribution in [0.25, 0.3) is 11.1 Å². The molecule has 0 unspecified atom stereocenters. The molecule has 144 valence electrons. The number of aromatic hydroxyl groups is 1. The number of anilines is 1. The Morgan fingerprint density at radius 3 is 2.29 bits per heavy atom. The van der Waals surface area contributed by atoms with E-state index in [1.165, 1.54) is 19.2 Å². The predicted octanol–water partition coefficient (Wildman–Crippen LogP) is 4.81. The van der Waals surface area contributed by atoms with Gasteiger partial charge in [-0.15, -0.1) is 0 Å². The van der Waals surface area contributed by atoms with Gasteiger partial charge in [0.1, 0.15) is 11.5 Å². The molecule has 0 radical (unpaired) electrons. The molecule has 0 fully saturated rings. The van der Waals surface area contributed by atoms with Gasteiger partial charge in [-0.25, -0.2) is 0 Å². The Hall–Kier alpha value is -3.60. The first-order valence-corrected chi connectivity index (χ1v) is 8.70. The number of rotatable bonds is 5. The zero-order chi connectivity index (χ0) is 20.5. The van der Waals surface area contributed by atoms with Crippen LogP contribution < -0.4 is 10.1 Å². The Labute approximate surface area is 164 Å². The monoisotopic (exact) mass is 377 g/mol. The Bertz CT molecular complexity index is 952. The number of hydrogen-bond acceptors (Lipinski definition) is 5. The quantitative estimate of drug-likeness (QED) is 0.493. The lowest BCUT2D eigenvalue weighted by Crippen LogP contribution is -2.00. The van der Waals surface area contributed by atoms with E-state index in [1.807, 2.05) is 43.4 Å². The first-order valence-electron chi connectivity index (χ1n) is 8.70. The number of ketones is 1. The molecule has 3 rings (SSSR count). The van der Waals surface area contributed by atoms with Crippen molar-refractivity contribution in [2.45, 2.75) is 6.92 Å². The molecule has 3 aromatic carbocycles. The highest BCUT2D eigenvalue weighted by Crippen LogP contribution is 2.25. The molecule has 0 aliphatic heterocycles. The molecule has 0 bridgehead atoms. The lowest BCUT2D eigenvalue weighted by molar-refractivity contribution is 0.101. The third-order valence-corrected chi connectivity index (χ3v) is 4.14. The van der Waals surface area contributed by atoms with Crippen molar-refractivity contribution in [1.29, 1.82) is 0 Å². The minimum atomic E-state index is -0.0270. The fourth-order valence-electron chi connectivity index (χ4n) is 2.62. The zero-order valence-electron chi connectivity index (χ0n) is 16.1. The first-order chi connectivity index (χ1) is 13.5. The molecule has 0 aliphatic rings. The molecule has 0 saturated carbocycles. The van der Waals surface area contributed by atoms with Crippen LogP contribution in [0.4, 0.5) is 5.69 Å². The van der Waals surface area contributed by atoms with Crippen molar-refractivity contribution in [3.8, 4) is 22.6 Å². The molecule has 5 nitrogen and oxygen atoms in total. The minimum Gasteiger partial charge on any atom is -0.507 e. The van der Waals surface area contributed by atoms with Gasteiger partial charge in [0.05, 0.1) is 12.7 Å². The smallest absolute Gasteiger partial charge is 0.161 e. The summed E-state index contributed by atoms with van der Waals surface area (Å²) in [4.78, 5) is 21.7. The number of methoxy groups -OCH3 is 1. The van der Waals surface area contributed by atoms with E-state index in [-0.39, 0.29) is 17.1 Å². The minimum absolute atomic E-state index is 0.0270. The van der Waals surface area contributed by atoms with E-state index < -0.39 is 0 Å². The normalized spacial score (nSPS) is 9.68. The van der Waals surface area contributed by atoms with Crippen molar-refractivity contribution in [1.82, 2.24) is 0 Å². The van der Waals surface area contributed by atoms with Crippen molar-refractivity contribution in [2.75, 3.05) is 19.5 Å². The van der Waals surface area contributed by atoms with E-state index in [0.29, 0.717) is 12.0 Å². The molecule has 0 aliphatic carbocycles. The van der Waals surface area contributed by atoms with Crippen LogP contribution in [-0.2, 0) is 0 Å². The van der Waals surface area contributed by atoms with Gasteiger partial charge in [-0.2, -0.15) is 0 Å². The summed E-state index contributed by atoms with van der Waals surface area (Å²) in [5.41, 5.74) is 4.11.